The molecule has 16 heavy (non-hydrogen) atoms. The fraction of sp³-hybridized carbons (Fsp3) is 0.929. The Morgan fingerprint density at radius 2 is 1.81 bits per heavy atom. The summed E-state index contributed by atoms with van der Waals surface area (Å²) < 4.78 is 5.64. The Kier molecular flexibility index (Phi) is 4.39. The molecule has 0 aromatic heterocycles. The number of ketones is 1. The predicted molar refractivity (Wildman–Crippen MR) is 64.3 cm³/mol. The number of Topliss-reactive ketones (excluding diaryl/α,β-unsaturated/α-hetero) is 1. The van der Waals surface area contributed by atoms with Crippen molar-refractivity contribution in [2.45, 2.75) is 64.4 Å². The third-order valence-corrected chi connectivity index (χ3v) is 4.23. The van der Waals surface area contributed by atoms with Gasteiger partial charge >= 0.3 is 0 Å². The first-order valence-corrected chi connectivity index (χ1v) is 6.98. The molecule has 2 aliphatic rings. The van der Waals surface area contributed by atoms with Crippen molar-refractivity contribution in [3.63, 3.8) is 0 Å². The van der Waals surface area contributed by atoms with Gasteiger partial charge in [-0.3, -0.25) is 4.79 Å². The summed E-state index contributed by atoms with van der Waals surface area (Å²) in [6, 6.07) is 0. The summed E-state index contributed by atoms with van der Waals surface area (Å²) in [6.07, 6.45) is 9.58. The Labute approximate surface area is 98.7 Å². The Balaban J connectivity index is 1.94. The van der Waals surface area contributed by atoms with Crippen molar-refractivity contribution < 1.29 is 9.53 Å². The summed E-state index contributed by atoms with van der Waals surface area (Å²) in [5.74, 6) is 1.09. The van der Waals surface area contributed by atoms with Gasteiger partial charge in [-0.25, -0.2) is 0 Å². The summed E-state index contributed by atoms with van der Waals surface area (Å²) in [7, 11) is 0. The first-order chi connectivity index (χ1) is 7.83. The van der Waals surface area contributed by atoms with Crippen LogP contribution < -0.4 is 0 Å². The van der Waals surface area contributed by atoms with Crippen LogP contribution in [0.5, 0.6) is 0 Å². The average molecular weight is 224 g/mol. The van der Waals surface area contributed by atoms with Gasteiger partial charge < -0.3 is 4.74 Å². The third kappa shape index (κ3) is 2.65. The minimum Gasteiger partial charge on any atom is -0.377 e. The molecule has 0 aromatic carbocycles. The molecule has 0 aromatic rings. The minimum atomic E-state index is 0.216. The standard InChI is InChI=1S/C14H24O2/c1-2-13-12(9-10-16-13)14(15)11-7-5-3-4-6-8-11/h11-13H,2-10H2,1H3. The predicted octanol–water partition coefficient (Wildman–Crippen LogP) is 3.34. The number of hydrogen-bond acceptors (Lipinski definition) is 2. The SMILES string of the molecule is CCC1OCCC1C(=O)C1CCCCCC1. The molecule has 1 aliphatic heterocycles. The van der Waals surface area contributed by atoms with Crippen LogP contribution in [0.4, 0.5) is 0 Å². The van der Waals surface area contributed by atoms with Gasteiger partial charge in [0.2, 0.25) is 0 Å². The highest BCUT2D eigenvalue weighted by molar-refractivity contribution is 5.84. The first kappa shape index (κ1) is 12.1. The van der Waals surface area contributed by atoms with E-state index in [0.717, 1.165) is 32.3 Å². The molecule has 1 saturated heterocycles. The van der Waals surface area contributed by atoms with E-state index in [1.54, 1.807) is 0 Å². The molecule has 2 fully saturated rings. The van der Waals surface area contributed by atoms with Gasteiger partial charge in [0.1, 0.15) is 5.78 Å². The monoisotopic (exact) mass is 224 g/mol. The molecular weight excluding hydrogens is 200 g/mol. The summed E-state index contributed by atoms with van der Waals surface area (Å²) in [6.45, 7) is 2.92. The lowest BCUT2D eigenvalue weighted by Crippen LogP contribution is -2.29. The van der Waals surface area contributed by atoms with Gasteiger partial charge in [-0.1, -0.05) is 32.6 Å². The molecule has 1 aliphatic carbocycles. The van der Waals surface area contributed by atoms with Crippen molar-refractivity contribution in [2.24, 2.45) is 11.8 Å². The van der Waals surface area contributed by atoms with E-state index < -0.39 is 0 Å². The Morgan fingerprint density at radius 3 is 2.44 bits per heavy atom. The molecule has 2 unspecified atom stereocenters. The second kappa shape index (κ2) is 5.81. The molecule has 2 rings (SSSR count). The van der Waals surface area contributed by atoms with Gasteiger partial charge in [0.15, 0.2) is 0 Å². The van der Waals surface area contributed by atoms with Crippen LogP contribution in [0.15, 0.2) is 0 Å². The second-order valence-corrected chi connectivity index (χ2v) is 5.30. The van der Waals surface area contributed by atoms with Gasteiger partial charge in [-0.05, 0) is 25.7 Å². The number of ether oxygens (including phenoxy) is 1. The van der Waals surface area contributed by atoms with Gasteiger partial charge in [0.05, 0.1) is 6.10 Å². The highest BCUT2D eigenvalue weighted by atomic mass is 16.5. The molecule has 2 heteroatoms. The van der Waals surface area contributed by atoms with Crippen LogP contribution in [-0.4, -0.2) is 18.5 Å². The van der Waals surface area contributed by atoms with Crippen molar-refractivity contribution in [1.82, 2.24) is 0 Å². The van der Waals surface area contributed by atoms with Gasteiger partial charge in [-0.2, -0.15) is 0 Å². The van der Waals surface area contributed by atoms with Crippen LogP contribution in [0.25, 0.3) is 0 Å². The van der Waals surface area contributed by atoms with Crippen molar-refractivity contribution in [2.75, 3.05) is 6.61 Å². The van der Waals surface area contributed by atoms with Gasteiger partial charge in [0.25, 0.3) is 0 Å². The Bertz CT molecular complexity index is 229. The second-order valence-electron chi connectivity index (χ2n) is 5.30. The lowest BCUT2D eigenvalue weighted by atomic mass is 9.83. The van der Waals surface area contributed by atoms with E-state index in [4.69, 9.17) is 4.74 Å². The molecule has 0 radical (unpaired) electrons. The largest absolute Gasteiger partial charge is 0.377 e. The summed E-state index contributed by atoms with van der Waals surface area (Å²) in [5, 5.41) is 0. The molecule has 2 nitrogen and oxygen atoms in total. The van der Waals surface area contributed by atoms with E-state index in [0.29, 0.717) is 11.7 Å². The molecule has 0 N–H and O–H groups in total. The molecule has 92 valence electrons. The maximum absolute atomic E-state index is 12.4. The van der Waals surface area contributed by atoms with Gasteiger partial charge in [0, 0.05) is 18.4 Å². The quantitative estimate of drug-likeness (QED) is 0.687. The van der Waals surface area contributed by atoms with E-state index in [-0.39, 0.29) is 12.0 Å². The molecule has 0 spiro atoms. The first-order valence-electron chi connectivity index (χ1n) is 6.98. The zero-order valence-corrected chi connectivity index (χ0v) is 10.4. The number of carbonyl (C=O) groups is 1. The van der Waals surface area contributed by atoms with Crippen LogP contribution in [0.2, 0.25) is 0 Å². The summed E-state index contributed by atoms with van der Waals surface area (Å²) in [5.41, 5.74) is 0. The fourth-order valence-electron chi connectivity index (χ4n) is 3.24. The molecule has 2 atom stereocenters. The number of hydrogen-bond donors (Lipinski definition) is 0. The molecule has 0 amide bonds. The molecule has 1 heterocycles. The average Bonchev–Trinajstić information content (AvgIpc) is 2.61. The zero-order chi connectivity index (χ0) is 11.4. The highest BCUT2D eigenvalue weighted by Crippen LogP contribution is 2.32. The van der Waals surface area contributed by atoms with Crippen molar-refractivity contribution in [1.29, 1.82) is 0 Å². The normalized spacial score (nSPS) is 32.6. The van der Waals surface area contributed by atoms with E-state index in [9.17, 15) is 4.79 Å². The van der Waals surface area contributed by atoms with Crippen LogP contribution >= 0.6 is 0 Å². The maximum atomic E-state index is 12.4. The molecular formula is C14H24O2. The van der Waals surface area contributed by atoms with Crippen molar-refractivity contribution >= 4 is 5.78 Å². The van der Waals surface area contributed by atoms with Gasteiger partial charge in [-0.15, -0.1) is 0 Å². The van der Waals surface area contributed by atoms with E-state index in [2.05, 4.69) is 6.92 Å². The van der Waals surface area contributed by atoms with E-state index in [1.165, 1.54) is 25.7 Å². The number of carbonyl (C=O) groups excluding carboxylic acids is 1. The zero-order valence-electron chi connectivity index (χ0n) is 10.4. The highest BCUT2D eigenvalue weighted by Gasteiger charge is 2.36. The lowest BCUT2D eigenvalue weighted by Gasteiger charge is -2.21. The third-order valence-electron chi connectivity index (χ3n) is 4.23. The number of rotatable bonds is 3. The molecule has 1 saturated carbocycles. The van der Waals surface area contributed by atoms with Crippen LogP contribution in [0.3, 0.4) is 0 Å². The Morgan fingerprint density at radius 1 is 1.12 bits per heavy atom. The maximum Gasteiger partial charge on any atom is 0.141 e. The summed E-state index contributed by atoms with van der Waals surface area (Å²) in [4.78, 5) is 12.4. The van der Waals surface area contributed by atoms with Crippen molar-refractivity contribution in [3.05, 3.63) is 0 Å². The lowest BCUT2D eigenvalue weighted by molar-refractivity contribution is -0.129. The van der Waals surface area contributed by atoms with E-state index in [1.807, 2.05) is 0 Å². The molecule has 0 bridgehead atoms. The minimum absolute atomic E-state index is 0.216. The van der Waals surface area contributed by atoms with Crippen LogP contribution in [-0.2, 0) is 9.53 Å². The summed E-state index contributed by atoms with van der Waals surface area (Å²) >= 11 is 0. The topological polar surface area (TPSA) is 26.3 Å². The van der Waals surface area contributed by atoms with E-state index >= 15 is 0 Å². The Hall–Kier alpha value is -0.370. The fourth-order valence-corrected chi connectivity index (χ4v) is 3.24. The smallest absolute Gasteiger partial charge is 0.141 e. The van der Waals surface area contributed by atoms with Crippen LogP contribution in [0, 0.1) is 11.8 Å². The van der Waals surface area contributed by atoms with Crippen molar-refractivity contribution in [3.8, 4) is 0 Å². The van der Waals surface area contributed by atoms with Crippen LogP contribution in [0.1, 0.15) is 58.3 Å².